The summed E-state index contributed by atoms with van der Waals surface area (Å²) in [4.78, 5) is 32.7. The fourth-order valence-corrected chi connectivity index (χ4v) is 1.61. The third-order valence-electron chi connectivity index (χ3n) is 3.61. The molecule has 0 fully saturated rings. The van der Waals surface area contributed by atoms with E-state index in [0.29, 0.717) is 43.8 Å². The Labute approximate surface area is 193 Å². The third kappa shape index (κ3) is 23.9. The molecule has 0 aromatic rings. The molecule has 188 valence electrons. The van der Waals surface area contributed by atoms with Crippen molar-refractivity contribution in [3.05, 3.63) is 24.8 Å². The predicted molar refractivity (Wildman–Crippen MR) is 124 cm³/mol. The Kier molecular flexibility index (Phi) is 21.7. The molecule has 1 N–H and O–H groups in total. The van der Waals surface area contributed by atoms with Crippen molar-refractivity contribution in [2.24, 2.45) is 11.8 Å². The number of hydrogen-bond donors (Lipinski definition) is 1. The SMILES string of the molecule is C=C(C)C(=O)OCCOCCOCC(C)C.C=CC(=O)OCCNC(=O)OCC(C)CC.[HH]. The molecule has 1 amide bonds. The van der Waals surface area contributed by atoms with Gasteiger partial charge in [-0.2, -0.15) is 0 Å². The zero-order chi connectivity index (χ0) is 24.8. The molecule has 0 saturated heterocycles. The van der Waals surface area contributed by atoms with Crippen LogP contribution in [0.15, 0.2) is 24.8 Å². The van der Waals surface area contributed by atoms with Crippen LogP contribution in [0.2, 0.25) is 0 Å². The lowest BCUT2D eigenvalue weighted by Crippen LogP contribution is -2.29. The highest BCUT2D eigenvalue weighted by atomic mass is 16.6. The summed E-state index contributed by atoms with van der Waals surface area (Å²) < 4.78 is 25.0. The van der Waals surface area contributed by atoms with Crippen molar-refractivity contribution in [1.82, 2.24) is 5.32 Å². The van der Waals surface area contributed by atoms with Gasteiger partial charge in [0, 0.05) is 19.7 Å². The third-order valence-corrected chi connectivity index (χ3v) is 3.61. The topological polar surface area (TPSA) is 109 Å². The maximum Gasteiger partial charge on any atom is 0.407 e. The van der Waals surface area contributed by atoms with Gasteiger partial charge in [0.15, 0.2) is 0 Å². The number of hydrogen-bond acceptors (Lipinski definition) is 8. The fraction of sp³-hybridized carbons (Fsp3) is 0.696. The number of carbonyl (C=O) groups excluding carboxylic acids is 3. The maximum absolute atomic E-state index is 11.1. The smallest absolute Gasteiger partial charge is 0.407 e. The van der Waals surface area contributed by atoms with Gasteiger partial charge in [-0.15, -0.1) is 0 Å². The summed E-state index contributed by atoms with van der Waals surface area (Å²) in [6, 6.07) is 0. The summed E-state index contributed by atoms with van der Waals surface area (Å²) in [5.74, 6) is 0.00953. The lowest BCUT2D eigenvalue weighted by atomic mass is 10.1. The summed E-state index contributed by atoms with van der Waals surface area (Å²) in [6.07, 6.45) is 1.54. The van der Waals surface area contributed by atoms with Crippen LogP contribution < -0.4 is 5.32 Å². The van der Waals surface area contributed by atoms with E-state index in [9.17, 15) is 14.4 Å². The minimum absolute atomic E-state index is 0. The van der Waals surface area contributed by atoms with Gasteiger partial charge in [0.05, 0.1) is 33.0 Å². The minimum atomic E-state index is -0.505. The summed E-state index contributed by atoms with van der Waals surface area (Å²) in [5.41, 5.74) is 0.403. The molecule has 0 bridgehead atoms. The first kappa shape index (κ1) is 31.8. The lowest BCUT2D eigenvalue weighted by molar-refractivity contribution is -0.140. The van der Waals surface area contributed by atoms with Crippen LogP contribution >= 0.6 is 0 Å². The van der Waals surface area contributed by atoms with Gasteiger partial charge >= 0.3 is 18.0 Å². The molecule has 0 aliphatic heterocycles. The zero-order valence-corrected chi connectivity index (χ0v) is 20.3. The van der Waals surface area contributed by atoms with Gasteiger partial charge in [-0.05, 0) is 18.8 Å². The summed E-state index contributed by atoms with van der Waals surface area (Å²) in [5, 5.41) is 2.47. The largest absolute Gasteiger partial charge is 0.461 e. The van der Waals surface area contributed by atoms with E-state index in [0.717, 1.165) is 19.1 Å². The molecular weight excluding hydrogens is 418 g/mol. The van der Waals surface area contributed by atoms with Gasteiger partial charge in [-0.3, -0.25) is 0 Å². The first-order valence-corrected chi connectivity index (χ1v) is 10.8. The minimum Gasteiger partial charge on any atom is -0.461 e. The van der Waals surface area contributed by atoms with Gasteiger partial charge in [-0.25, -0.2) is 14.4 Å². The van der Waals surface area contributed by atoms with Crippen molar-refractivity contribution >= 4 is 18.0 Å². The van der Waals surface area contributed by atoms with Crippen LogP contribution in [0.1, 0.15) is 42.5 Å². The number of amides is 1. The van der Waals surface area contributed by atoms with Crippen molar-refractivity contribution in [2.45, 2.75) is 41.0 Å². The first-order valence-electron chi connectivity index (χ1n) is 10.8. The van der Waals surface area contributed by atoms with Crippen molar-refractivity contribution in [3.63, 3.8) is 0 Å². The van der Waals surface area contributed by atoms with E-state index >= 15 is 0 Å². The number of ether oxygens (including phenoxy) is 5. The second-order valence-corrected chi connectivity index (χ2v) is 7.41. The molecule has 0 saturated carbocycles. The number of esters is 2. The van der Waals surface area contributed by atoms with E-state index in [-0.39, 0.29) is 27.2 Å². The average Bonchev–Trinajstić information content (AvgIpc) is 2.76. The molecule has 0 aliphatic rings. The molecule has 0 aliphatic carbocycles. The molecule has 1 atom stereocenters. The molecule has 9 heteroatoms. The van der Waals surface area contributed by atoms with Crippen molar-refractivity contribution < 1.29 is 39.5 Å². The Hall–Kier alpha value is -2.39. The number of rotatable bonds is 16. The standard InChI is InChI=1S/C12H22O4.C11H19NO4.H2/c1-10(2)9-15-6-5-14-7-8-16-12(13)11(3)4;1-4-9(3)8-16-11(14)12-6-7-15-10(13)5-2;/h10H,3,5-9H2,1-2,4H3;5,9H,2,4,6-8H2,1,3H3,(H,12,14);1H. The highest BCUT2D eigenvalue weighted by molar-refractivity contribution is 5.86. The Morgan fingerprint density at radius 2 is 1.56 bits per heavy atom. The first-order chi connectivity index (χ1) is 15.1. The molecule has 0 heterocycles. The van der Waals surface area contributed by atoms with E-state index in [1.807, 2.05) is 13.8 Å². The van der Waals surface area contributed by atoms with Crippen molar-refractivity contribution in [1.29, 1.82) is 0 Å². The van der Waals surface area contributed by atoms with Crippen LogP contribution in [0.3, 0.4) is 0 Å². The van der Waals surface area contributed by atoms with Gasteiger partial charge in [0.2, 0.25) is 0 Å². The van der Waals surface area contributed by atoms with Crippen molar-refractivity contribution in [3.8, 4) is 0 Å². The maximum atomic E-state index is 11.1. The molecule has 0 radical (unpaired) electrons. The quantitative estimate of drug-likeness (QED) is 0.161. The molecular formula is C23H43NO8. The van der Waals surface area contributed by atoms with Crippen LogP contribution in [0.25, 0.3) is 0 Å². The Morgan fingerprint density at radius 1 is 0.938 bits per heavy atom. The molecule has 32 heavy (non-hydrogen) atoms. The second-order valence-electron chi connectivity index (χ2n) is 7.41. The molecule has 1 unspecified atom stereocenters. The molecule has 0 spiro atoms. The van der Waals surface area contributed by atoms with E-state index < -0.39 is 12.1 Å². The Balaban J connectivity index is -0.000000529. The molecule has 9 nitrogen and oxygen atoms in total. The Bertz CT molecular complexity index is 555. The lowest BCUT2D eigenvalue weighted by Gasteiger charge is -2.10. The Morgan fingerprint density at radius 3 is 2.12 bits per heavy atom. The molecule has 0 aromatic heterocycles. The van der Waals surface area contributed by atoms with Crippen molar-refractivity contribution in [2.75, 3.05) is 52.8 Å². The van der Waals surface area contributed by atoms with Crippen LogP contribution in [-0.4, -0.2) is 70.8 Å². The second kappa shape index (κ2) is 21.8. The van der Waals surface area contributed by atoms with Crippen LogP contribution in [0, 0.1) is 11.8 Å². The van der Waals surface area contributed by atoms with Gasteiger partial charge in [0.25, 0.3) is 0 Å². The summed E-state index contributed by atoms with van der Waals surface area (Å²) in [6.45, 7) is 19.8. The van der Waals surface area contributed by atoms with Gasteiger partial charge in [-0.1, -0.05) is 47.3 Å². The van der Waals surface area contributed by atoms with Gasteiger partial charge in [0.1, 0.15) is 13.2 Å². The van der Waals surface area contributed by atoms with E-state index in [2.05, 4.69) is 37.1 Å². The highest BCUT2D eigenvalue weighted by Crippen LogP contribution is 2.00. The zero-order valence-electron chi connectivity index (χ0n) is 20.3. The fourth-order valence-electron chi connectivity index (χ4n) is 1.61. The monoisotopic (exact) mass is 461 g/mol. The highest BCUT2D eigenvalue weighted by Gasteiger charge is 2.05. The predicted octanol–water partition coefficient (Wildman–Crippen LogP) is 3.53. The van der Waals surface area contributed by atoms with E-state index in [4.69, 9.17) is 18.9 Å². The normalized spacial score (nSPS) is 10.9. The van der Waals surface area contributed by atoms with E-state index in [1.54, 1.807) is 6.92 Å². The van der Waals surface area contributed by atoms with E-state index in [1.165, 1.54) is 0 Å². The van der Waals surface area contributed by atoms with Crippen LogP contribution in [0.4, 0.5) is 4.79 Å². The van der Waals surface area contributed by atoms with Crippen LogP contribution in [-0.2, 0) is 33.3 Å². The average molecular weight is 462 g/mol. The summed E-state index contributed by atoms with van der Waals surface area (Å²) in [7, 11) is 0. The molecule has 0 aromatic carbocycles. The molecule has 0 rings (SSSR count). The number of carbonyl (C=O) groups is 3. The number of nitrogens with one attached hydrogen (secondary N) is 1. The number of alkyl carbamates (subject to hydrolysis) is 1. The van der Waals surface area contributed by atoms with Crippen LogP contribution in [0.5, 0.6) is 0 Å². The summed E-state index contributed by atoms with van der Waals surface area (Å²) >= 11 is 0. The van der Waals surface area contributed by atoms with Gasteiger partial charge < -0.3 is 29.0 Å².